The zero-order chi connectivity index (χ0) is 23.1. The highest BCUT2D eigenvalue weighted by molar-refractivity contribution is 6.35. The van der Waals surface area contributed by atoms with Gasteiger partial charge in [0.25, 0.3) is 0 Å². The van der Waals surface area contributed by atoms with Gasteiger partial charge in [-0.1, -0.05) is 35.3 Å². The van der Waals surface area contributed by atoms with Gasteiger partial charge in [-0.25, -0.2) is 0 Å². The summed E-state index contributed by atoms with van der Waals surface area (Å²) >= 11 is 12.2. The lowest BCUT2D eigenvalue weighted by Crippen LogP contribution is -1.98. The number of halogens is 2. The molecule has 0 saturated heterocycles. The van der Waals surface area contributed by atoms with Crippen molar-refractivity contribution >= 4 is 34.9 Å². The highest BCUT2D eigenvalue weighted by Crippen LogP contribution is 2.33. The largest absolute Gasteiger partial charge is 0.493 e. The number of benzene rings is 3. The fourth-order valence-electron chi connectivity index (χ4n) is 3.04. The first kappa shape index (κ1) is 23.3. The molecule has 0 aliphatic heterocycles. The molecule has 0 radical (unpaired) electrons. The molecule has 5 nitrogen and oxygen atoms in total. The number of allylic oxidation sites excluding steroid dienone is 1. The van der Waals surface area contributed by atoms with Gasteiger partial charge >= 0.3 is 0 Å². The number of rotatable bonds is 8. The molecule has 0 unspecified atom stereocenters. The number of methoxy groups -OCH3 is 3. The smallest absolute Gasteiger partial charge is 0.161 e. The minimum atomic E-state index is 0.261. The molecule has 0 aliphatic carbocycles. The Bertz CT molecular complexity index is 1190. The maximum Gasteiger partial charge on any atom is 0.161 e. The van der Waals surface area contributed by atoms with E-state index in [9.17, 15) is 5.26 Å². The molecule has 0 spiro atoms. The van der Waals surface area contributed by atoms with Crippen molar-refractivity contribution in [2.45, 2.75) is 6.61 Å². The van der Waals surface area contributed by atoms with Gasteiger partial charge in [0.15, 0.2) is 23.0 Å². The summed E-state index contributed by atoms with van der Waals surface area (Å²) < 4.78 is 22.0. The number of nitriles is 1. The third-order valence-corrected chi connectivity index (χ3v) is 5.30. The summed E-state index contributed by atoms with van der Waals surface area (Å²) in [4.78, 5) is 0. The third kappa shape index (κ3) is 5.47. The van der Waals surface area contributed by atoms with Gasteiger partial charge in [-0.2, -0.15) is 5.26 Å². The van der Waals surface area contributed by atoms with Crippen LogP contribution in [-0.2, 0) is 6.61 Å². The van der Waals surface area contributed by atoms with Crippen LogP contribution in [-0.4, -0.2) is 21.3 Å². The van der Waals surface area contributed by atoms with Crippen molar-refractivity contribution in [2.75, 3.05) is 21.3 Å². The predicted molar refractivity (Wildman–Crippen MR) is 127 cm³/mol. The summed E-state index contributed by atoms with van der Waals surface area (Å²) in [6, 6.07) is 18.2. The van der Waals surface area contributed by atoms with Crippen LogP contribution in [0.1, 0.15) is 16.7 Å². The van der Waals surface area contributed by atoms with Crippen molar-refractivity contribution in [3.05, 3.63) is 81.3 Å². The van der Waals surface area contributed by atoms with E-state index in [1.807, 2.05) is 12.1 Å². The van der Waals surface area contributed by atoms with E-state index in [2.05, 4.69) is 6.07 Å². The van der Waals surface area contributed by atoms with Crippen LogP contribution in [0.2, 0.25) is 10.0 Å². The van der Waals surface area contributed by atoms with Gasteiger partial charge in [0.05, 0.1) is 33.0 Å². The fourth-order valence-corrected chi connectivity index (χ4v) is 3.50. The van der Waals surface area contributed by atoms with Crippen molar-refractivity contribution in [3.8, 4) is 29.1 Å². The molecule has 7 heteroatoms. The second-order valence-electron chi connectivity index (χ2n) is 6.67. The first-order valence-electron chi connectivity index (χ1n) is 9.58. The highest BCUT2D eigenvalue weighted by atomic mass is 35.5. The van der Waals surface area contributed by atoms with Crippen LogP contribution >= 0.6 is 23.2 Å². The quantitative estimate of drug-likeness (QED) is 0.272. The van der Waals surface area contributed by atoms with Crippen molar-refractivity contribution in [2.24, 2.45) is 0 Å². The Morgan fingerprint density at radius 1 is 0.844 bits per heavy atom. The Labute approximate surface area is 197 Å². The first-order valence-corrected chi connectivity index (χ1v) is 10.3. The SMILES string of the molecule is COc1ccc(/C(C#N)=C/c2ccc(OCc3ccc(Cl)cc3Cl)c(OC)c2)cc1OC. The molecule has 0 N–H and O–H groups in total. The number of hydrogen-bond donors (Lipinski definition) is 0. The monoisotopic (exact) mass is 469 g/mol. The zero-order valence-corrected chi connectivity index (χ0v) is 19.3. The van der Waals surface area contributed by atoms with E-state index < -0.39 is 0 Å². The Morgan fingerprint density at radius 2 is 1.53 bits per heavy atom. The Kier molecular flexibility index (Phi) is 7.88. The molecule has 0 aliphatic rings. The van der Waals surface area contributed by atoms with Crippen molar-refractivity contribution in [3.63, 3.8) is 0 Å². The molecule has 0 aromatic heterocycles. The molecular weight excluding hydrogens is 449 g/mol. The van der Waals surface area contributed by atoms with Crippen LogP contribution in [0.15, 0.2) is 54.6 Å². The minimum absolute atomic E-state index is 0.261. The highest BCUT2D eigenvalue weighted by Gasteiger charge is 2.11. The normalized spacial score (nSPS) is 10.9. The van der Waals surface area contributed by atoms with E-state index in [-0.39, 0.29) is 6.61 Å². The summed E-state index contributed by atoms with van der Waals surface area (Å²) in [6.07, 6.45) is 1.77. The van der Waals surface area contributed by atoms with Crippen LogP contribution in [0.4, 0.5) is 0 Å². The van der Waals surface area contributed by atoms with Crippen molar-refractivity contribution < 1.29 is 18.9 Å². The molecule has 0 fully saturated rings. The summed E-state index contributed by atoms with van der Waals surface area (Å²) in [5, 5.41) is 10.8. The van der Waals surface area contributed by atoms with E-state index in [0.29, 0.717) is 44.2 Å². The zero-order valence-electron chi connectivity index (χ0n) is 17.8. The first-order chi connectivity index (χ1) is 15.5. The molecule has 32 heavy (non-hydrogen) atoms. The van der Waals surface area contributed by atoms with Crippen molar-refractivity contribution in [1.82, 2.24) is 0 Å². The summed E-state index contributed by atoms with van der Waals surface area (Å²) in [5.41, 5.74) is 2.77. The second kappa shape index (κ2) is 10.8. The number of ether oxygens (including phenoxy) is 4. The molecule has 0 heterocycles. The molecule has 0 bridgehead atoms. The lowest BCUT2D eigenvalue weighted by molar-refractivity contribution is 0.284. The molecule has 3 rings (SSSR count). The lowest BCUT2D eigenvalue weighted by Gasteiger charge is -2.13. The number of nitrogens with zero attached hydrogens (tertiary/aromatic N) is 1. The molecule has 3 aromatic rings. The van der Waals surface area contributed by atoms with Crippen LogP contribution in [0.25, 0.3) is 11.6 Å². The van der Waals surface area contributed by atoms with Crippen LogP contribution < -0.4 is 18.9 Å². The standard InChI is InChI=1S/C25H21Cl2NO4/c1-29-22-9-6-17(12-25(22)31-3)19(14-28)10-16-4-8-23(24(11-16)30-2)32-15-18-5-7-20(26)13-21(18)27/h4-13H,15H2,1-3H3/b19-10+. The van der Waals surface area contributed by atoms with E-state index in [1.165, 1.54) is 0 Å². The lowest BCUT2D eigenvalue weighted by atomic mass is 10.0. The number of hydrogen-bond acceptors (Lipinski definition) is 5. The molecule has 3 aromatic carbocycles. The maximum atomic E-state index is 9.70. The molecular formula is C25H21Cl2NO4. The van der Waals surface area contributed by atoms with Gasteiger partial charge in [-0.05, 0) is 59.7 Å². The van der Waals surface area contributed by atoms with Crippen LogP contribution in [0, 0.1) is 11.3 Å². The van der Waals surface area contributed by atoms with Crippen LogP contribution in [0.3, 0.4) is 0 Å². The second-order valence-corrected chi connectivity index (χ2v) is 7.52. The average Bonchev–Trinajstić information content (AvgIpc) is 2.81. The van der Waals surface area contributed by atoms with Gasteiger partial charge in [0.1, 0.15) is 6.61 Å². The topological polar surface area (TPSA) is 60.7 Å². The van der Waals surface area contributed by atoms with Gasteiger partial charge in [0.2, 0.25) is 0 Å². The Balaban J connectivity index is 1.85. The molecule has 0 atom stereocenters. The molecule has 164 valence electrons. The van der Waals surface area contributed by atoms with Gasteiger partial charge in [-0.15, -0.1) is 0 Å². The predicted octanol–water partition coefficient (Wildman–Crippen LogP) is 6.66. The van der Waals surface area contributed by atoms with E-state index in [0.717, 1.165) is 11.1 Å². The van der Waals surface area contributed by atoms with Crippen LogP contribution in [0.5, 0.6) is 23.0 Å². The Hall–Kier alpha value is -3.33. The van der Waals surface area contributed by atoms with Gasteiger partial charge in [-0.3, -0.25) is 0 Å². The van der Waals surface area contributed by atoms with E-state index >= 15 is 0 Å². The summed E-state index contributed by atoms with van der Waals surface area (Å²) in [6.45, 7) is 0.261. The van der Waals surface area contributed by atoms with Crippen molar-refractivity contribution in [1.29, 1.82) is 5.26 Å². The average molecular weight is 470 g/mol. The minimum Gasteiger partial charge on any atom is -0.493 e. The summed E-state index contributed by atoms with van der Waals surface area (Å²) in [7, 11) is 4.68. The van der Waals surface area contributed by atoms with Gasteiger partial charge in [0, 0.05) is 15.6 Å². The van der Waals surface area contributed by atoms with E-state index in [1.54, 1.807) is 69.9 Å². The van der Waals surface area contributed by atoms with Gasteiger partial charge < -0.3 is 18.9 Å². The van der Waals surface area contributed by atoms with E-state index in [4.69, 9.17) is 42.1 Å². The Morgan fingerprint density at radius 3 is 2.19 bits per heavy atom. The fraction of sp³-hybridized carbons (Fsp3) is 0.160. The molecule has 0 saturated carbocycles. The molecule has 0 amide bonds. The maximum absolute atomic E-state index is 9.70. The summed E-state index contributed by atoms with van der Waals surface area (Å²) in [5.74, 6) is 2.24. The third-order valence-electron chi connectivity index (χ3n) is 4.71.